The zero-order valence-corrected chi connectivity index (χ0v) is 23.2. The highest BCUT2D eigenvalue weighted by Crippen LogP contribution is 2.37. The summed E-state index contributed by atoms with van der Waals surface area (Å²) in [5.74, 6) is 0.0219. The maximum Gasteiger partial charge on any atom is 0.321 e. The first-order chi connectivity index (χ1) is 16.8. The molecule has 0 radical (unpaired) electrons. The molecule has 2 aromatic carbocycles. The monoisotopic (exact) mass is 592 g/mol. The average molecular weight is 594 g/mol. The molecule has 0 saturated heterocycles. The zero-order chi connectivity index (χ0) is 26.7. The second-order valence-corrected chi connectivity index (χ2v) is 12.7. The van der Waals surface area contributed by atoms with Crippen LogP contribution in [-0.2, 0) is 20.0 Å². The summed E-state index contributed by atoms with van der Waals surface area (Å²) in [7, 11) is -5.34. The van der Waals surface area contributed by atoms with Crippen LogP contribution in [0.3, 0.4) is 0 Å². The van der Waals surface area contributed by atoms with E-state index < -0.39 is 26.1 Å². The van der Waals surface area contributed by atoms with Gasteiger partial charge in [-0.05, 0) is 48.7 Å². The van der Waals surface area contributed by atoms with Gasteiger partial charge in [0.1, 0.15) is 14.9 Å². The Labute approximate surface area is 223 Å². The topological polar surface area (TPSA) is 134 Å². The zero-order valence-electron chi connectivity index (χ0n) is 19.2. The van der Waals surface area contributed by atoms with Crippen molar-refractivity contribution in [3.63, 3.8) is 0 Å². The number of ether oxygens (including phenoxy) is 1. The Bertz CT molecular complexity index is 1480. The largest absolute Gasteiger partial charge is 0.492 e. The van der Waals surface area contributed by atoms with E-state index in [9.17, 15) is 21.6 Å². The third-order valence-electron chi connectivity index (χ3n) is 4.50. The van der Waals surface area contributed by atoms with Gasteiger partial charge in [0.25, 0.3) is 20.0 Å². The number of benzene rings is 2. The Morgan fingerprint density at radius 1 is 0.972 bits per heavy atom. The van der Waals surface area contributed by atoms with Crippen LogP contribution in [0.25, 0.3) is 0 Å². The molecule has 0 fully saturated rings. The molecule has 194 valence electrons. The van der Waals surface area contributed by atoms with Gasteiger partial charge >= 0.3 is 6.03 Å². The molecule has 36 heavy (non-hydrogen) atoms. The normalized spacial score (nSPS) is 11.6. The molecule has 0 saturated carbocycles. The fourth-order valence-corrected chi connectivity index (χ4v) is 6.47. The van der Waals surface area contributed by atoms with Crippen LogP contribution in [0.4, 0.5) is 21.9 Å². The van der Waals surface area contributed by atoms with E-state index in [2.05, 4.69) is 14.8 Å². The summed E-state index contributed by atoms with van der Waals surface area (Å²) < 4.78 is 62.6. The number of rotatable bonds is 9. The highest BCUT2D eigenvalue weighted by Gasteiger charge is 2.25. The number of hydrogen-bond acceptors (Lipinski definition) is 7. The van der Waals surface area contributed by atoms with Crippen LogP contribution in [0.15, 0.2) is 56.9 Å². The number of thiophene rings is 1. The van der Waals surface area contributed by atoms with Gasteiger partial charge in [0.2, 0.25) is 0 Å². The van der Waals surface area contributed by atoms with E-state index in [0.29, 0.717) is 0 Å². The van der Waals surface area contributed by atoms with Crippen molar-refractivity contribution in [1.29, 1.82) is 0 Å². The predicted octanol–water partition coefficient (Wildman–Crippen LogP) is 5.15. The number of carbonyl (C=O) groups is 1. The molecule has 3 aromatic rings. The van der Waals surface area contributed by atoms with Crippen LogP contribution in [0.5, 0.6) is 5.75 Å². The molecule has 15 heteroatoms. The number of hydrogen-bond donors (Lipinski definition) is 3. The number of carbonyl (C=O) groups excluding carboxylic acids is 1. The van der Waals surface area contributed by atoms with Crippen molar-refractivity contribution < 1.29 is 26.4 Å². The van der Waals surface area contributed by atoms with E-state index in [4.69, 9.17) is 27.9 Å². The third kappa shape index (κ3) is 6.53. The Morgan fingerprint density at radius 2 is 1.58 bits per heavy atom. The molecular formula is C21H22Cl2N4O6S3. The van der Waals surface area contributed by atoms with Crippen molar-refractivity contribution >= 4 is 77.7 Å². The van der Waals surface area contributed by atoms with Crippen LogP contribution in [0.1, 0.15) is 6.92 Å². The lowest BCUT2D eigenvalue weighted by atomic mass is 10.3. The summed E-state index contributed by atoms with van der Waals surface area (Å²) in [6, 6.07) is 9.00. The van der Waals surface area contributed by atoms with Crippen LogP contribution >= 0.6 is 34.5 Å². The van der Waals surface area contributed by atoms with E-state index in [-0.39, 0.29) is 48.6 Å². The minimum Gasteiger partial charge on any atom is -0.492 e. The Kier molecular flexibility index (Phi) is 8.62. The van der Waals surface area contributed by atoms with Crippen molar-refractivity contribution in [1.82, 2.24) is 4.90 Å². The SMILES string of the molecule is CCOc1ccc(NC(=O)N(C)C)cc1S(=O)(=O)Nc1cc(Cl)c(Cl)cc1NS(=O)(=O)c1cccs1. The number of urea groups is 1. The van der Waals surface area contributed by atoms with E-state index in [1.165, 1.54) is 55.4 Å². The van der Waals surface area contributed by atoms with Gasteiger partial charge in [0.05, 0.1) is 28.0 Å². The smallest absolute Gasteiger partial charge is 0.321 e. The van der Waals surface area contributed by atoms with Crippen LogP contribution in [0, 0.1) is 0 Å². The molecular weight excluding hydrogens is 571 g/mol. The molecule has 1 aromatic heterocycles. The van der Waals surface area contributed by atoms with E-state index in [0.717, 1.165) is 11.3 Å². The van der Waals surface area contributed by atoms with E-state index >= 15 is 0 Å². The molecule has 0 bridgehead atoms. The van der Waals surface area contributed by atoms with Crippen molar-refractivity contribution in [2.24, 2.45) is 0 Å². The summed E-state index contributed by atoms with van der Waals surface area (Å²) in [6.45, 7) is 1.85. The van der Waals surface area contributed by atoms with Crippen molar-refractivity contribution in [2.45, 2.75) is 16.0 Å². The number of nitrogens with zero attached hydrogens (tertiary/aromatic N) is 1. The number of sulfonamides is 2. The molecule has 3 N–H and O–H groups in total. The molecule has 0 aliphatic rings. The first kappa shape index (κ1) is 27.9. The lowest BCUT2D eigenvalue weighted by Gasteiger charge is -2.18. The number of amides is 2. The summed E-state index contributed by atoms with van der Waals surface area (Å²) in [5.41, 5.74) is -0.114. The quantitative estimate of drug-likeness (QED) is 0.314. The highest BCUT2D eigenvalue weighted by molar-refractivity contribution is 7.94. The van der Waals surface area contributed by atoms with Crippen molar-refractivity contribution in [3.8, 4) is 5.75 Å². The second kappa shape index (κ2) is 11.1. The van der Waals surface area contributed by atoms with Gasteiger partial charge in [-0.3, -0.25) is 9.44 Å². The maximum absolute atomic E-state index is 13.4. The van der Waals surface area contributed by atoms with Gasteiger partial charge in [-0.15, -0.1) is 11.3 Å². The van der Waals surface area contributed by atoms with Crippen molar-refractivity contribution in [3.05, 3.63) is 57.9 Å². The standard InChI is InChI=1S/C21H22Cl2N4O6S3/c1-4-33-18-8-7-13(24-21(28)27(2)3)10-19(18)35(29,30)25-16-11-14(22)15(23)12-17(16)26-36(31,32)20-6-5-9-34-20/h5-12,25-26H,4H2,1-3H3,(H,24,28). The number of nitrogens with one attached hydrogen (secondary N) is 3. The lowest BCUT2D eigenvalue weighted by Crippen LogP contribution is -2.27. The Morgan fingerprint density at radius 3 is 2.11 bits per heavy atom. The van der Waals surface area contributed by atoms with Crippen molar-refractivity contribution in [2.75, 3.05) is 35.5 Å². The number of halogens is 2. The molecule has 0 atom stereocenters. The summed E-state index contributed by atoms with van der Waals surface area (Å²) >= 11 is 13.2. The third-order valence-corrected chi connectivity index (χ3v) is 9.37. The van der Waals surface area contributed by atoms with Gasteiger partial charge in [-0.1, -0.05) is 29.3 Å². The van der Waals surface area contributed by atoms with E-state index in [1.54, 1.807) is 18.4 Å². The van der Waals surface area contributed by atoms with Gasteiger partial charge in [-0.25, -0.2) is 21.6 Å². The molecule has 0 unspecified atom stereocenters. The summed E-state index contributed by atoms with van der Waals surface area (Å²) in [5, 5.41) is 4.16. The van der Waals surface area contributed by atoms with Crippen LogP contribution < -0.4 is 19.5 Å². The average Bonchev–Trinajstić information content (AvgIpc) is 3.34. The minimum atomic E-state index is -4.38. The molecule has 0 aliphatic heterocycles. The van der Waals surface area contributed by atoms with E-state index in [1.807, 2.05) is 0 Å². The minimum absolute atomic E-state index is 0.00638. The van der Waals surface area contributed by atoms with Gasteiger partial charge in [-0.2, -0.15) is 0 Å². The molecule has 1 heterocycles. The first-order valence-corrected chi connectivity index (χ1v) is 14.8. The van der Waals surface area contributed by atoms with Crippen LogP contribution in [0.2, 0.25) is 10.0 Å². The molecule has 3 rings (SSSR count). The maximum atomic E-state index is 13.4. The van der Waals surface area contributed by atoms with Crippen LogP contribution in [-0.4, -0.2) is 48.5 Å². The fourth-order valence-electron chi connectivity index (χ4n) is 2.83. The van der Waals surface area contributed by atoms with Gasteiger partial charge in [0, 0.05) is 19.8 Å². The number of anilines is 3. The van der Waals surface area contributed by atoms with Gasteiger partial charge < -0.3 is 15.0 Å². The fraction of sp³-hybridized carbons (Fsp3) is 0.190. The molecule has 0 spiro atoms. The molecule has 10 nitrogen and oxygen atoms in total. The van der Waals surface area contributed by atoms with Gasteiger partial charge in [0.15, 0.2) is 0 Å². The first-order valence-electron chi connectivity index (χ1n) is 10.2. The molecule has 2 amide bonds. The second-order valence-electron chi connectivity index (χ2n) is 7.37. The Balaban J connectivity index is 2.05. The highest BCUT2D eigenvalue weighted by atomic mass is 35.5. The predicted molar refractivity (Wildman–Crippen MR) is 143 cm³/mol. The summed E-state index contributed by atoms with van der Waals surface area (Å²) in [6.07, 6.45) is 0. The molecule has 0 aliphatic carbocycles. The lowest BCUT2D eigenvalue weighted by molar-refractivity contribution is 0.230. The summed E-state index contributed by atoms with van der Waals surface area (Å²) in [4.78, 5) is 13.0. The Hall–Kier alpha value is -2.71.